The monoisotopic (exact) mass is 359 g/mol. The first-order chi connectivity index (χ1) is 12.1. The van der Waals surface area contributed by atoms with Crippen molar-refractivity contribution in [2.24, 2.45) is 0 Å². The number of aryl methyl sites for hydroxylation is 1. The Balaban J connectivity index is 1.54. The van der Waals surface area contributed by atoms with Crippen molar-refractivity contribution in [3.8, 4) is 0 Å². The van der Waals surface area contributed by atoms with Crippen LogP contribution in [0.15, 0.2) is 29.4 Å². The van der Waals surface area contributed by atoms with E-state index in [1.165, 1.54) is 36.6 Å². The second-order valence-electron chi connectivity index (χ2n) is 6.66. The largest absolute Gasteiger partial charge is 0.351 e. The van der Waals surface area contributed by atoms with Crippen molar-refractivity contribution >= 4 is 17.7 Å². The number of benzene rings is 1. The fraction of sp³-hybridized carbons (Fsp3) is 0.556. The molecule has 1 unspecified atom stereocenters. The summed E-state index contributed by atoms with van der Waals surface area (Å²) in [4.78, 5) is 12.4. The van der Waals surface area contributed by atoms with Crippen molar-refractivity contribution in [3.05, 3.63) is 35.4 Å². The Hall–Kier alpha value is -1.89. The maximum atomic E-state index is 12.4. The number of nitrogens with one attached hydrogen (secondary N) is 1. The normalized spacial score (nSPS) is 16.6. The molecular formula is C18H25N5OS. The van der Waals surface area contributed by atoms with E-state index in [0.717, 1.165) is 23.6 Å². The third kappa shape index (κ3) is 4.81. The molecule has 7 heteroatoms. The van der Waals surface area contributed by atoms with Crippen LogP contribution >= 0.6 is 11.8 Å². The van der Waals surface area contributed by atoms with Gasteiger partial charge in [0, 0.05) is 6.54 Å². The highest BCUT2D eigenvalue weighted by atomic mass is 32.2. The number of tetrazole rings is 1. The van der Waals surface area contributed by atoms with Crippen LogP contribution in [0.25, 0.3) is 0 Å². The van der Waals surface area contributed by atoms with Crippen molar-refractivity contribution in [1.29, 1.82) is 0 Å². The Morgan fingerprint density at radius 2 is 2.00 bits per heavy atom. The average molecular weight is 359 g/mol. The molecule has 1 N–H and O–H groups in total. The van der Waals surface area contributed by atoms with E-state index < -0.39 is 0 Å². The number of aromatic nitrogens is 4. The number of thioether (sulfide) groups is 1. The molecule has 2 aromatic rings. The van der Waals surface area contributed by atoms with Gasteiger partial charge in [-0.3, -0.25) is 4.79 Å². The highest BCUT2D eigenvalue weighted by Gasteiger charge is 2.23. The molecule has 1 saturated carbocycles. The van der Waals surface area contributed by atoms with E-state index >= 15 is 0 Å². The Bertz CT molecular complexity index is 694. The van der Waals surface area contributed by atoms with Gasteiger partial charge in [0.25, 0.3) is 0 Å². The Morgan fingerprint density at radius 3 is 2.72 bits per heavy atom. The first kappa shape index (κ1) is 17.9. The molecule has 3 rings (SSSR count). The fourth-order valence-corrected chi connectivity index (χ4v) is 3.95. The Labute approximate surface area is 152 Å². The summed E-state index contributed by atoms with van der Waals surface area (Å²) in [6, 6.07) is 8.55. The number of carbonyl (C=O) groups is 1. The molecule has 1 aliphatic carbocycles. The van der Waals surface area contributed by atoms with Gasteiger partial charge in [-0.2, -0.15) is 0 Å². The van der Waals surface area contributed by atoms with Gasteiger partial charge in [-0.25, -0.2) is 4.68 Å². The zero-order valence-corrected chi connectivity index (χ0v) is 15.6. The molecule has 1 aromatic heterocycles. The lowest BCUT2D eigenvalue weighted by Gasteiger charge is -2.22. The highest BCUT2D eigenvalue weighted by molar-refractivity contribution is 8.00. The van der Waals surface area contributed by atoms with Gasteiger partial charge in [-0.05, 0) is 42.7 Å². The molecule has 1 fully saturated rings. The summed E-state index contributed by atoms with van der Waals surface area (Å²) in [7, 11) is 0. The lowest BCUT2D eigenvalue weighted by atomic mass is 9.96. The van der Waals surface area contributed by atoms with Gasteiger partial charge < -0.3 is 5.32 Å². The second-order valence-corrected chi connectivity index (χ2v) is 7.97. The zero-order valence-electron chi connectivity index (χ0n) is 14.8. The summed E-state index contributed by atoms with van der Waals surface area (Å²) >= 11 is 1.43. The summed E-state index contributed by atoms with van der Waals surface area (Å²) in [5.74, 6) is 0.00349. The van der Waals surface area contributed by atoms with Crippen molar-refractivity contribution in [2.75, 3.05) is 0 Å². The molecule has 134 valence electrons. The maximum Gasteiger partial charge on any atom is 0.233 e. The van der Waals surface area contributed by atoms with Crippen LogP contribution in [0.1, 0.15) is 56.2 Å². The van der Waals surface area contributed by atoms with Crippen LogP contribution in [0.5, 0.6) is 0 Å². The van der Waals surface area contributed by atoms with E-state index in [0.29, 0.717) is 12.6 Å². The lowest BCUT2D eigenvalue weighted by Crippen LogP contribution is -2.30. The minimum absolute atomic E-state index is 0.00349. The summed E-state index contributed by atoms with van der Waals surface area (Å²) in [5.41, 5.74) is 2.32. The summed E-state index contributed by atoms with van der Waals surface area (Å²) < 4.78 is 1.91. The number of carbonyl (C=O) groups excluding carboxylic acids is 1. The van der Waals surface area contributed by atoms with Gasteiger partial charge in [0.15, 0.2) is 0 Å². The Kier molecular flexibility index (Phi) is 6.07. The molecule has 1 aromatic carbocycles. The maximum absolute atomic E-state index is 12.4. The van der Waals surface area contributed by atoms with Crippen LogP contribution in [0.2, 0.25) is 0 Å². The van der Waals surface area contributed by atoms with Crippen molar-refractivity contribution in [3.63, 3.8) is 0 Å². The summed E-state index contributed by atoms with van der Waals surface area (Å²) in [5, 5.41) is 15.6. The van der Waals surface area contributed by atoms with Crippen molar-refractivity contribution < 1.29 is 4.79 Å². The van der Waals surface area contributed by atoms with E-state index in [1.807, 2.05) is 23.7 Å². The van der Waals surface area contributed by atoms with E-state index in [1.54, 1.807) is 0 Å². The first-order valence-corrected chi connectivity index (χ1v) is 9.79. The molecule has 6 nitrogen and oxygen atoms in total. The summed E-state index contributed by atoms with van der Waals surface area (Å²) in [6.45, 7) is 4.49. The van der Waals surface area contributed by atoms with E-state index in [4.69, 9.17) is 0 Å². The quantitative estimate of drug-likeness (QED) is 0.801. The minimum Gasteiger partial charge on any atom is -0.351 e. The van der Waals surface area contributed by atoms with Crippen molar-refractivity contribution in [2.45, 2.75) is 68.9 Å². The van der Waals surface area contributed by atoms with E-state index in [2.05, 4.69) is 39.9 Å². The molecular weight excluding hydrogens is 334 g/mol. The molecule has 0 spiro atoms. The minimum atomic E-state index is -0.237. The van der Waals surface area contributed by atoms with Gasteiger partial charge in [-0.15, -0.1) is 5.10 Å². The smallest absolute Gasteiger partial charge is 0.233 e. The molecule has 1 aliphatic rings. The van der Waals surface area contributed by atoms with Crippen LogP contribution in [-0.4, -0.2) is 31.4 Å². The average Bonchev–Trinajstić information content (AvgIpc) is 3.09. The Morgan fingerprint density at radius 1 is 1.28 bits per heavy atom. The molecule has 1 atom stereocenters. The molecule has 1 heterocycles. The number of amides is 1. The predicted molar refractivity (Wildman–Crippen MR) is 98.3 cm³/mol. The number of nitrogens with zero attached hydrogens (tertiary/aromatic N) is 4. The standard InChI is InChI=1S/C18H25N5OS/c1-13-8-10-15(11-9-13)12-19-17(24)14(2)25-18-20-21-22-23(18)16-6-4-3-5-7-16/h8-11,14,16H,3-7,12H2,1-2H3,(H,19,24). The number of rotatable bonds is 6. The summed E-state index contributed by atoms with van der Waals surface area (Å²) in [6.07, 6.45) is 5.97. The molecule has 0 bridgehead atoms. The number of hydrogen-bond acceptors (Lipinski definition) is 5. The van der Waals surface area contributed by atoms with Gasteiger partial charge >= 0.3 is 0 Å². The van der Waals surface area contributed by atoms with E-state index in [9.17, 15) is 4.79 Å². The molecule has 1 amide bonds. The van der Waals surface area contributed by atoms with Crippen LogP contribution in [0.3, 0.4) is 0 Å². The van der Waals surface area contributed by atoms with Crippen LogP contribution in [0, 0.1) is 6.92 Å². The molecule has 25 heavy (non-hydrogen) atoms. The third-order valence-electron chi connectivity index (χ3n) is 4.62. The SMILES string of the molecule is Cc1ccc(CNC(=O)C(C)Sc2nnnn2C2CCCCC2)cc1. The van der Waals surface area contributed by atoms with Gasteiger partial charge in [-0.1, -0.05) is 60.9 Å². The van der Waals surface area contributed by atoms with Crippen LogP contribution in [-0.2, 0) is 11.3 Å². The zero-order chi connectivity index (χ0) is 17.6. The van der Waals surface area contributed by atoms with Crippen LogP contribution < -0.4 is 5.32 Å². The molecule has 0 radical (unpaired) electrons. The fourth-order valence-electron chi connectivity index (χ4n) is 3.07. The second kappa shape index (κ2) is 8.47. The lowest BCUT2D eigenvalue weighted by molar-refractivity contribution is -0.120. The molecule has 0 aliphatic heterocycles. The van der Waals surface area contributed by atoms with Gasteiger partial charge in [0.1, 0.15) is 0 Å². The van der Waals surface area contributed by atoms with Crippen molar-refractivity contribution in [1.82, 2.24) is 25.5 Å². The third-order valence-corrected chi connectivity index (χ3v) is 5.67. The predicted octanol–water partition coefficient (Wildman–Crippen LogP) is 3.28. The first-order valence-electron chi connectivity index (χ1n) is 8.91. The van der Waals surface area contributed by atoms with Gasteiger partial charge in [0.2, 0.25) is 11.1 Å². The highest BCUT2D eigenvalue weighted by Crippen LogP contribution is 2.31. The van der Waals surface area contributed by atoms with Crippen LogP contribution in [0.4, 0.5) is 0 Å². The number of hydrogen-bond donors (Lipinski definition) is 1. The topological polar surface area (TPSA) is 72.7 Å². The van der Waals surface area contributed by atoms with Gasteiger partial charge in [0.05, 0.1) is 11.3 Å². The van der Waals surface area contributed by atoms with E-state index in [-0.39, 0.29) is 11.2 Å². The molecule has 0 saturated heterocycles.